The second-order valence-electron chi connectivity index (χ2n) is 8.21. The number of ether oxygens (including phenoxy) is 1. The van der Waals surface area contributed by atoms with Gasteiger partial charge in [0, 0.05) is 23.6 Å². The van der Waals surface area contributed by atoms with Gasteiger partial charge < -0.3 is 20.6 Å². The molecule has 0 amide bonds. The molecule has 160 valence electrons. The van der Waals surface area contributed by atoms with E-state index in [-0.39, 0.29) is 22.8 Å². The Kier molecular flexibility index (Phi) is 5.55. The van der Waals surface area contributed by atoms with Crippen LogP contribution < -0.4 is 14.6 Å². The van der Waals surface area contributed by atoms with Gasteiger partial charge >= 0.3 is 0 Å². The summed E-state index contributed by atoms with van der Waals surface area (Å²) < 4.78 is 7.51. The first-order valence-corrected chi connectivity index (χ1v) is 10.4. The van der Waals surface area contributed by atoms with E-state index in [0.717, 1.165) is 18.4 Å². The number of nitrogens with zero attached hydrogens (tertiary/aromatic N) is 4. The number of aryl methyl sites for hydroxylation is 1. The summed E-state index contributed by atoms with van der Waals surface area (Å²) in [6.45, 7) is 1.98. The molecule has 0 spiro atoms. The van der Waals surface area contributed by atoms with Crippen LogP contribution in [0.2, 0.25) is 0 Å². The van der Waals surface area contributed by atoms with Crippen molar-refractivity contribution in [3.05, 3.63) is 82.2 Å². The van der Waals surface area contributed by atoms with Crippen LogP contribution in [0.15, 0.2) is 65.6 Å². The topological polar surface area (TPSA) is 115 Å². The Morgan fingerprint density at radius 2 is 1.91 bits per heavy atom. The molecule has 2 heterocycles. The van der Waals surface area contributed by atoms with Crippen molar-refractivity contribution in [3.63, 3.8) is 0 Å². The molecule has 1 fully saturated rings. The van der Waals surface area contributed by atoms with Crippen LogP contribution in [0.4, 0.5) is 0 Å². The number of allylic oxidation sites excluding steroid dienone is 2. The van der Waals surface area contributed by atoms with Crippen molar-refractivity contribution in [2.24, 2.45) is 5.92 Å². The standard InChI is InChI=1S/C25H23N5O2/c1-16-9-11-30(12-10-16)24-22(19-5-3-4-6-21(19)32-2)20(15-28)23(17(13-26)14-27)29-25(24,31)18-7-8-18/h3-6,9-12,18,22,24,29,31H,7-8H2,1-2H3/t22-,24+,25+/m0/s1. The Labute approximate surface area is 187 Å². The van der Waals surface area contributed by atoms with E-state index < -0.39 is 17.7 Å². The van der Waals surface area contributed by atoms with Crippen LogP contribution in [-0.4, -0.2) is 23.8 Å². The van der Waals surface area contributed by atoms with E-state index in [9.17, 15) is 21.0 Å². The minimum atomic E-state index is -1.47. The molecule has 0 radical (unpaired) electrons. The van der Waals surface area contributed by atoms with Crippen molar-refractivity contribution >= 4 is 5.87 Å². The van der Waals surface area contributed by atoms with Gasteiger partial charge in [0.05, 0.1) is 35.9 Å². The molecule has 1 aliphatic carbocycles. The average Bonchev–Trinajstić information content (AvgIpc) is 3.66. The Bertz CT molecular complexity index is 1210. The van der Waals surface area contributed by atoms with E-state index in [1.165, 1.54) is 0 Å². The highest BCUT2D eigenvalue weighted by atomic mass is 16.5. The zero-order chi connectivity index (χ0) is 22.9. The van der Waals surface area contributed by atoms with Crippen LogP contribution in [-0.2, 0) is 0 Å². The Morgan fingerprint density at radius 1 is 1.22 bits per heavy atom. The number of hydrogen-bond donors (Lipinski definition) is 2. The summed E-state index contributed by atoms with van der Waals surface area (Å²) in [5.74, 6) is 1.71. The van der Waals surface area contributed by atoms with Gasteiger partial charge in [0.25, 0.3) is 0 Å². The first-order chi connectivity index (χ1) is 15.5. The molecule has 1 aliphatic heterocycles. The summed E-state index contributed by atoms with van der Waals surface area (Å²) in [6, 6.07) is 14.7. The summed E-state index contributed by atoms with van der Waals surface area (Å²) in [7, 11) is 1.56. The Balaban J connectivity index is 2.07. The zero-order valence-electron chi connectivity index (χ0n) is 17.9. The molecule has 2 aromatic rings. The second-order valence-corrected chi connectivity index (χ2v) is 8.21. The van der Waals surface area contributed by atoms with Crippen molar-refractivity contribution in [2.45, 2.75) is 37.5 Å². The summed E-state index contributed by atoms with van der Waals surface area (Å²) in [5.41, 5.74) is 0.379. The minimum Gasteiger partial charge on any atom is -0.762 e. The Morgan fingerprint density at radius 3 is 2.47 bits per heavy atom. The van der Waals surface area contributed by atoms with Gasteiger partial charge in [0.1, 0.15) is 11.8 Å². The summed E-state index contributed by atoms with van der Waals surface area (Å²) in [4.78, 5) is 0. The van der Waals surface area contributed by atoms with Crippen LogP contribution >= 0.6 is 0 Å². The van der Waals surface area contributed by atoms with Gasteiger partial charge in [-0.1, -0.05) is 18.2 Å². The largest absolute Gasteiger partial charge is 0.762 e. The number of benzene rings is 1. The smallest absolute Gasteiger partial charge is 0.217 e. The number of aromatic nitrogens is 1. The fraction of sp³-hybridized carbons (Fsp3) is 0.320. The van der Waals surface area contributed by atoms with Crippen molar-refractivity contribution < 1.29 is 14.4 Å². The molecule has 7 heteroatoms. The molecule has 1 saturated carbocycles. The fourth-order valence-electron chi connectivity index (χ4n) is 4.58. The van der Waals surface area contributed by atoms with Crippen LogP contribution in [0.5, 0.6) is 5.75 Å². The predicted octanol–water partition coefficient (Wildman–Crippen LogP) is 2.78. The van der Waals surface area contributed by atoms with Crippen molar-refractivity contribution in [1.82, 2.24) is 5.32 Å². The van der Waals surface area contributed by atoms with Gasteiger partial charge in [-0.05, 0) is 31.4 Å². The number of hydrogen-bond acceptors (Lipinski definition) is 5. The highest BCUT2D eigenvalue weighted by Gasteiger charge is 2.61. The van der Waals surface area contributed by atoms with E-state index in [0.29, 0.717) is 11.3 Å². The van der Waals surface area contributed by atoms with Crippen LogP contribution in [0.1, 0.15) is 35.9 Å². The maximum Gasteiger partial charge on any atom is 0.217 e. The molecular formula is C25H23N5O2. The van der Waals surface area contributed by atoms with Gasteiger partial charge in [-0.2, -0.15) is 15.1 Å². The average molecular weight is 425 g/mol. The van der Waals surface area contributed by atoms with E-state index in [1.54, 1.807) is 13.2 Å². The third-order valence-electron chi connectivity index (χ3n) is 6.28. The first kappa shape index (κ1) is 21.3. The maximum absolute atomic E-state index is 12.1. The zero-order valence-corrected chi connectivity index (χ0v) is 17.9. The highest BCUT2D eigenvalue weighted by molar-refractivity contribution is 5.74. The number of nitriles is 2. The lowest BCUT2D eigenvalue weighted by Crippen LogP contribution is -2.66. The van der Waals surface area contributed by atoms with Crippen LogP contribution in [0.25, 0.3) is 5.41 Å². The number of pyridine rings is 1. The molecule has 1 aromatic carbocycles. The maximum atomic E-state index is 12.1. The van der Waals surface area contributed by atoms with Gasteiger partial charge in [-0.25, -0.2) is 5.87 Å². The molecular weight excluding hydrogens is 402 g/mol. The van der Waals surface area contributed by atoms with Gasteiger partial charge in [0.15, 0.2) is 12.4 Å². The number of aliphatic hydroxyl groups is 1. The van der Waals surface area contributed by atoms with Crippen molar-refractivity contribution in [2.75, 3.05) is 7.11 Å². The number of para-hydroxylation sites is 1. The summed E-state index contributed by atoms with van der Waals surface area (Å²) in [6.07, 6.45) is 5.37. The van der Waals surface area contributed by atoms with E-state index in [2.05, 4.69) is 11.4 Å². The minimum absolute atomic E-state index is 0.0896. The number of methoxy groups -OCH3 is 1. The predicted molar refractivity (Wildman–Crippen MR) is 117 cm³/mol. The van der Waals surface area contributed by atoms with Crippen LogP contribution in [0, 0.1) is 35.5 Å². The van der Waals surface area contributed by atoms with Crippen LogP contribution in [0.3, 0.4) is 0 Å². The van der Waals surface area contributed by atoms with Crippen molar-refractivity contribution in [3.8, 4) is 17.9 Å². The van der Waals surface area contributed by atoms with Gasteiger partial charge in [-0.15, -0.1) is 0 Å². The summed E-state index contributed by atoms with van der Waals surface area (Å²) in [5, 5.41) is 44.5. The molecule has 2 N–H and O–H groups in total. The third-order valence-corrected chi connectivity index (χ3v) is 6.28. The molecule has 3 atom stereocenters. The van der Waals surface area contributed by atoms with Crippen molar-refractivity contribution in [1.29, 1.82) is 10.5 Å². The van der Waals surface area contributed by atoms with E-state index >= 15 is 0 Å². The molecule has 1 aromatic heterocycles. The normalized spacial score (nSPS) is 24.5. The first-order valence-electron chi connectivity index (χ1n) is 10.4. The molecule has 32 heavy (non-hydrogen) atoms. The number of rotatable bonds is 5. The fourth-order valence-corrected chi connectivity index (χ4v) is 4.58. The summed E-state index contributed by atoms with van der Waals surface area (Å²) >= 11 is 0. The van der Waals surface area contributed by atoms with E-state index in [1.807, 2.05) is 66.2 Å². The lowest BCUT2D eigenvalue weighted by atomic mass is 9.73. The Hall–Kier alpha value is -3.90. The number of nitrogens with one attached hydrogen (secondary N) is 1. The lowest BCUT2D eigenvalue weighted by Gasteiger charge is -2.43. The monoisotopic (exact) mass is 425 g/mol. The third kappa shape index (κ3) is 3.44. The highest BCUT2D eigenvalue weighted by Crippen LogP contribution is 2.53. The van der Waals surface area contributed by atoms with Gasteiger partial charge in [0.2, 0.25) is 11.8 Å². The molecule has 4 rings (SSSR count). The quantitative estimate of drug-likeness (QED) is 0.434. The molecule has 0 saturated heterocycles. The molecule has 7 nitrogen and oxygen atoms in total. The van der Waals surface area contributed by atoms with E-state index in [4.69, 9.17) is 4.74 Å². The second kappa shape index (κ2) is 8.32. The lowest BCUT2D eigenvalue weighted by molar-refractivity contribution is -0.742. The van der Waals surface area contributed by atoms with Gasteiger partial charge in [-0.3, -0.25) is 0 Å². The molecule has 0 unspecified atom stereocenters. The molecule has 2 aliphatic rings. The SMILES string of the molecule is COc1ccccc1[C@H]1C(C#N)=C(C(=C=[N-])C#N)N[C@@](O)(C2CC2)[C@@H]1[n+]1ccc(C)cc1. The molecule has 0 bridgehead atoms.